The molecule has 2 rings (SSSR count). The van der Waals surface area contributed by atoms with Crippen molar-refractivity contribution in [1.29, 1.82) is 0 Å². The maximum atomic E-state index is 9.88. The quantitative estimate of drug-likeness (QED) is 0.836. The van der Waals surface area contributed by atoms with Gasteiger partial charge in [-0.1, -0.05) is 24.3 Å². The Morgan fingerprint density at radius 3 is 2.78 bits per heavy atom. The van der Waals surface area contributed by atoms with E-state index in [9.17, 15) is 5.11 Å². The van der Waals surface area contributed by atoms with E-state index in [0.717, 1.165) is 31.4 Å². The molecular weight excluding hydrogens is 226 g/mol. The first-order chi connectivity index (χ1) is 8.72. The smallest absolute Gasteiger partial charge is 0.0585 e. The van der Waals surface area contributed by atoms with Gasteiger partial charge in [0.05, 0.1) is 12.7 Å². The van der Waals surface area contributed by atoms with Crippen molar-refractivity contribution in [1.82, 2.24) is 0 Å². The van der Waals surface area contributed by atoms with Crippen LogP contribution in [-0.4, -0.2) is 31.0 Å². The molecule has 3 nitrogen and oxygen atoms in total. The second kappa shape index (κ2) is 5.83. The lowest BCUT2D eigenvalue weighted by Crippen LogP contribution is -2.42. The summed E-state index contributed by atoms with van der Waals surface area (Å²) in [5, 5.41) is 9.88. The second-order valence-electron chi connectivity index (χ2n) is 5.30. The summed E-state index contributed by atoms with van der Waals surface area (Å²) in [5.41, 5.74) is 7.97. The van der Waals surface area contributed by atoms with E-state index in [0.29, 0.717) is 6.54 Å². The van der Waals surface area contributed by atoms with Gasteiger partial charge in [0.2, 0.25) is 0 Å². The zero-order valence-electron chi connectivity index (χ0n) is 11.1. The Balaban J connectivity index is 2.27. The van der Waals surface area contributed by atoms with Crippen LogP contribution >= 0.6 is 0 Å². The number of hydrogen-bond acceptors (Lipinski definition) is 3. The standard InChI is InChI=1S/C15H23NO2/c1-12-5-2-3-7-14(12)15(10-16,11-17)9-13-6-4-8-18-13/h2-3,5,7,13,17H,4,6,8-11,16H2,1H3. The molecule has 0 bridgehead atoms. The van der Waals surface area contributed by atoms with Gasteiger partial charge in [0, 0.05) is 18.6 Å². The summed E-state index contributed by atoms with van der Waals surface area (Å²) in [7, 11) is 0. The van der Waals surface area contributed by atoms with Crippen LogP contribution in [0.3, 0.4) is 0 Å². The molecule has 0 amide bonds. The molecule has 1 aliphatic rings. The van der Waals surface area contributed by atoms with Crippen LogP contribution in [0.25, 0.3) is 0 Å². The molecule has 3 heteroatoms. The maximum Gasteiger partial charge on any atom is 0.0585 e. The summed E-state index contributed by atoms with van der Waals surface area (Å²) in [6.45, 7) is 3.44. The zero-order valence-corrected chi connectivity index (χ0v) is 11.1. The van der Waals surface area contributed by atoms with E-state index in [1.807, 2.05) is 12.1 Å². The van der Waals surface area contributed by atoms with Crippen molar-refractivity contribution in [3.63, 3.8) is 0 Å². The normalized spacial score (nSPS) is 22.9. The SMILES string of the molecule is Cc1ccccc1C(CN)(CO)CC1CCCO1. The van der Waals surface area contributed by atoms with Crippen LogP contribution in [0.1, 0.15) is 30.4 Å². The number of benzene rings is 1. The monoisotopic (exact) mass is 249 g/mol. The van der Waals surface area contributed by atoms with E-state index in [4.69, 9.17) is 10.5 Å². The third kappa shape index (κ3) is 2.58. The minimum Gasteiger partial charge on any atom is -0.395 e. The minimum absolute atomic E-state index is 0.0776. The first-order valence-corrected chi connectivity index (χ1v) is 6.70. The molecular formula is C15H23NO2. The van der Waals surface area contributed by atoms with Crippen LogP contribution in [-0.2, 0) is 10.2 Å². The third-order valence-corrected chi connectivity index (χ3v) is 4.05. The summed E-state index contributed by atoms with van der Waals surface area (Å²) in [4.78, 5) is 0. The Morgan fingerprint density at radius 2 is 2.22 bits per heavy atom. The van der Waals surface area contributed by atoms with Gasteiger partial charge in [-0.3, -0.25) is 0 Å². The third-order valence-electron chi connectivity index (χ3n) is 4.05. The highest BCUT2D eigenvalue weighted by Crippen LogP contribution is 2.33. The molecule has 0 aromatic heterocycles. The molecule has 1 aromatic rings. The molecule has 0 radical (unpaired) electrons. The lowest BCUT2D eigenvalue weighted by atomic mass is 9.74. The summed E-state index contributed by atoms with van der Waals surface area (Å²) >= 11 is 0. The number of nitrogens with two attached hydrogens (primary N) is 1. The predicted octanol–water partition coefficient (Wildman–Crippen LogP) is 1.75. The lowest BCUT2D eigenvalue weighted by Gasteiger charge is -2.34. The molecule has 100 valence electrons. The topological polar surface area (TPSA) is 55.5 Å². The highest BCUT2D eigenvalue weighted by molar-refractivity contribution is 5.34. The summed E-state index contributed by atoms with van der Waals surface area (Å²) < 4.78 is 5.71. The summed E-state index contributed by atoms with van der Waals surface area (Å²) in [5.74, 6) is 0. The van der Waals surface area contributed by atoms with Crippen LogP contribution in [0.15, 0.2) is 24.3 Å². The molecule has 2 atom stereocenters. The fourth-order valence-electron chi connectivity index (χ4n) is 2.93. The minimum atomic E-state index is -0.361. The molecule has 1 saturated heterocycles. The van der Waals surface area contributed by atoms with Crippen molar-refractivity contribution in [2.24, 2.45) is 5.73 Å². The molecule has 1 fully saturated rings. The van der Waals surface area contributed by atoms with Gasteiger partial charge in [-0.2, -0.15) is 0 Å². The molecule has 1 aromatic carbocycles. The molecule has 1 aliphatic heterocycles. The number of ether oxygens (including phenoxy) is 1. The van der Waals surface area contributed by atoms with Gasteiger partial charge in [0.1, 0.15) is 0 Å². The van der Waals surface area contributed by atoms with E-state index in [1.54, 1.807) is 0 Å². The Kier molecular flexibility index (Phi) is 4.38. The first-order valence-electron chi connectivity index (χ1n) is 6.70. The number of aliphatic hydroxyl groups is 1. The van der Waals surface area contributed by atoms with E-state index in [-0.39, 0.29) is 18.1 Å². The van der Waals surface area contributed by atoms with Crippen LogP contribution in [0.5, 0.6) is 0 Å². The Morgan fingerprint density at radius 1 is 1.44 bits per heavy atom. The number of hydrogen-bond donors (Lipinski definition) is 2. The Bertz CT molecular complexity index is 382. The molecule has 0 spiro atoms. The summed E-state index contributed by atoms with van der Waals surface area (Å²) in [6, 6.07) is 8.18. The van der Waals surface area contributed by atoms with Crippen molar-refractivity contribution in [3.05, 3.63) is 35.4 Å². The van der Waals surface area contributed by atoms with E-state index < -0.39 is 0 Å². The molecule has 1 heterocycles. The summed E-state index contributed by atoms with van der Waals surface area (Å²) in [6.07, 6.45) is 3.24. The van der Waals surface area contributed by atoms with Crippen LogP contribution in [0, 0.1) is 6.92 Å². The lowest BCUT2D eigenvalue weighted by molar-refractivity contribution is 0.0655. The van der Waals surface area contributed by atoms with E-state index in [1.165, 1.54) is 5.56 Å². The van der Waals surface area contributed by atoms with Crippen molar-refractivity contribution in [3.8, 4) is 0 Å². The largest absolute Gasteiger partial charge is 0.395 e. The molecule has 0 saturated carbocycles. The average molecular weight is 249 g/mol. The number of aliphatic hydroxyl groups excluding tert-OH is 1. The maximum absolute atomic E-state index is 9.88. The fourth-order valence-corrected chi connectivity index (χ4v) is 2.93. The Labute approximate surface area is 109 Å². The number of aryl methyl sites for hydroxylation is 1. The van der Waals surface area contributed by atoms with Crippen molar-refractivity contribution in [2.75, 3.05) is 19.8 Å². The van der Waals surface area contributed by atoms with Crippen LogP contribution in [0.2, 0.25) is 0 Å². The highest BCUT2D eigenvalue weighted by Gasteiger charge is 2.35. The van der Waals surface area contributed by atoms with E-state index in [2.05, 4.69) is 19.1 Å². The van der Waals surface area contributed by atoms with Gasteiger partial charge >= 0.3 is 0 Å². The van der Waals surface area contributed by atoms with Gasteiger partial charge in [-0.25, -0.2) is 0 Å². The van der Waals surface area contributed by atoms with Gasteiger partial charge < -0.3 is 15.6 Å². The van der Waals surface area contributed by atoms with Gasteiger partial charge in [0.25, 0.3) is 0 Å². The number of rotatable bonds is 5. The average Bonchev–Trinajstić information content (AvgIpc) is 2.90. The molecule has 3 N–H and O–H groups in total. The van der Waals surface area contributed by atoms with E-state index >= 15 is 0 Å². The van der Waals surface area contributed by atoms with Crippen molar-refractivity contribution in [2.45, 2.75) is 37.7 Å². The van der Waals surface area contributed by atoms with Crippen LogP contribution in [0.4, 0.5) is 0 Å². The zero-order chi connectivity index (χ0) is 13.0. The predicted molar refractivity (Wildman–Crippen MR) is 72.6 cm³/mol. The van der Waals surface area contributed by atoms with Crippen LogP contribution < -0.4 is 5.73 Å². The highest BCUT2D eigenvalue weighted by atomic mass is 16.5. The van der Waals surface area contributed by atoms with Gasteiger partial charge in [-0.05, 0) is 37.3 Å². The Hall–Kier alpha value is -0.900. The van der Waals surface area contributed by atoms with Gasteiger partial charge in [-0.15, -0.1) is 0 Å². The van der Waals surface area contributed by atoms with Crippen molar-refractivity contribution < 1.29 is 9.84 Å². The molecule has 2 unspecified atom stereocenters. The molecule has 0 aliphatic carbocycles. The first kappa shape index (κ1) is 13.5. The van der Waals surface area contributed by atoms with Gasteiger partial charge in [0.15, 0.2) is 0 Å². The molecule has 18 heavy (non-hydrogen) atoms. The fraction of sp³-hybridized carbons (Fsp3) is 0.600. The second-order valence-corrected chi connectivity index (χ2v) is 5.30. The van der Waals surface area contributed by atoms with Crippen molar-refractivity contribution >= 4 is 0 Å².